The van der Waals surface area contributed by atoms with Crippen molar-refractivity contribution in [3.8, 4) is 11.5 Å². The van der Waals surface area contributed by atoms with Crippen LogP contribution >= 0.6 is 0 Å². The summed E-state index contributed by atoms with van der Waals surface area (Å²) in [5.74, 6) is -4.63. The summed E-state index contributed by atoms with van der Waals surface area (Å²) in [6, 6.07) is 12.5. The molecule has 0 atom stereocenters. The van der Waals surface area contributed by atoms with E-state index in [0.717, 1.165) is 0 Å². The first-order chi connectivity index (χ1) is 13.3. The third kappa shape index (κ3) is 9.27. The van der Waals surface area contributed by atoms with Crippen LogP contribution in [0.5, 0.6) is 11.5 Å². The molecule has 0 aliphatic rings. The van der Waals surface area contributed by atoms with E-state index in [2.05, 4.69) is 10.6 Å². The summed E-state index contributed by atoms with van der Waals surface area (Å²) in [7, 11) is 3.02. The monoisotopic (exact) mass is 451 g/mol. The van der Waals surface area contributed by atoms with Crippen molar-refractivity contribution >= 4 is 35.1 Å². The molecule has 10 nitrogen and oxygen atoms in total. The molecule has 0 aromatic heterocycles. The molecule has 29 heavy (non-hydrogen) atoms. The van der Waals surface area contributed by atoms with Gasteiger partial charge in [-0.1, -0.05) is 0 Å². The molecule has 2 rings (SSSR count). The number of carboxylic acids is 2. The van der Waals surface area contributed by atoms with Crippen LogP contribution in [0.1, 0.15) is 0 Å². The van der Waals surface area contributed by atoms with E-state index in [4.69, 9.17) is 9.47 Å². The fourth-order valence-electron chi connectivity index (χ4n) is 1.71. The second-order valence-electron chi connectivity index (χ2n) is 4.94. The van der Waals surface area contributed by atoms with Crippen molar-refractivity contribution in [2.24, 2.45) is 0 Å². The Morgan fingerprint density at radius 2 is 0.931 bits per heavy atom. The number of anilines is 2. The van der Waals surface area contributed by atoms with Crippen molar-refractivity contribution in [3.63, 3.8) is 0 Å². The summed E-state index contributed by atoms with van der Waals surface area (Å²) in [6.45, 7) is 0. The van der Waals surface area contributed by atoms with Crippen LogP contribution in [-0.2, 0) is 36.2 Å². The molecule has 0 heterocycles. The Morgan fingerprint density at radius 1 is 0.655 bits per heavy atom. The van der Waals surface area contributed by atoms with Crippen LogP contribution in [0.3, 0.4) is 0 Å². The number of aliphatic carboxylic acids is 2. The predicted octanol–water partition coefficient (Wildman–Crippen LogP) is -1.24. The van der Waals surface area contributed by atoms with Gasteiger partial charge in [-0.3, -0.25) is 9.59 Å². The van der Waals surface area contributed by atoms with Gasteiger partial charge in [-0.2, -0.15) is 0 Å². The summed E-state index contributed by atoms with van der Waals surface area (Å²) in [4.78, 5) is 41.5. The van der Waals surface area contributed by atoms with Crippen LogP contribution in [0.25, 0.3) is 0 Å². The standard InChI is InChI=1S/2C9H9NO4.Cu/c2*1-14-7-4-2-6(3-5-7)10-8(11)9(12)13;/h2*2-5H,1H3,(H,10,11)(H,12,13);/q;;+2/p-2. The van der Waals surface area contributed by atoms with E-state index in [1.54, 1.807) is 24.3 Å². The number of benzene rings is 2. The molecular formula is C18H16CuN2O8. The molecule has 2 aromatic carbocycles. The average Bonchev–Trinajstić information content (AvgIpc) is 2.69. The molecule has 0 aliphatic carbocycles. The molecule has 0 saturated heterocycles. The number of methoxy groups -OCH3 is 2. The number of amides is 2. The van der Waals surface area contributed by atoms with Crippen LogP contribution in [0, 0.1) is 0 Å². The SMILES string of the molecule is COc1ccc(NC(=O)C(=O)[O-])cc1.COc1ccc(NC(=O)C(=O)[O-])cc1.[Cu+2]. The van der Waals surface area contributed by atoms with Gasteiger partial charge in [-0.25, -0.2) is 0 Å². The van der Waals surface area contributed by atoms with Crippen molar-refractivity contribution in [3.05, 3.63) is 48.5 Å². The third-order valence-corrected chi connectivity index (χ3v) is 3.07. The zero-order chi connectivity index (χ0) is 21.1. The fourth-order valence-corrected chi connectivity index (χ4v) is 1.71. The van der Waals surface area contributed by atoms with Gasteiger partial charge >= 0.3 is 17.1 Å². The van der Waals surface area contributed by atoms with Crippen LogP contribution in [0.4, 0.5) is 11.4 Å². The van der Waals surface area contributed by atoms with Crippen molar-refractivity contribution in [1.82, 2.24) is 0 Å². The first-order valence-corrected chi connectivity index (χ1v) is 7.59. The van der Waals surface area contributed by atoms with E-state index in [-0.39, 0.29) is 17.1 Å². The predicted molar refractivity (Wildman–Crippen MR) is 93.3 cm³/mol. The third-order valence-electron chi connectivity index (χ3n) is 3.07. The maximum absolute atomic E-state index is 10.7. The summed E-state index contributed by atoms with van der Waals surface area (Å²) >= 11 is 0. The summed E-state index contributed by atoms with van der Waals surface area (Å²) in [5, 5.41) is 24.4. The number of hydrogen-bond donors (Lipinski definition) is 2. The number of nitrogens with one attached hydrogen (secondary N) is 2. The van der Waals surface area contributed by atoms with Crippen LogP contribution < -0.4 is 30.3 Å². The Hall–Kier alpha value is -3.56. The quantitative estimate of drug-likeness (QED) is 0.432. The minimum absolute atomic E-state index is 0. The van der Waals surface area contributed by atoms with E-state index in [9.17, 15) is 29.4 Å². The van der Waals surface area contributed by atoms with Gasteiger partial charge in [-0.05, 0) is 48.5 Å². The number of rotatable bonds is 4. The summed E-state index contributed by atoms with van der Waals surface area (Å²) < 4.78 is 9.76. The largest absolute Gasteiger partial charge is 2.00 e. The van der Waals surface area contributed by atoms with Crippen LogP contribution in [-0.4, -0.2) is 38.0 Å². The summed E-state index contributed by atoms with van der Waals surface area (Å²) in [6.07, 6.45) is 0. The number of carbonyl (C=O) groups is 4. The number of hydrogen-bond acceptors (Lipinski definition) is 8. The van der Waals surface area contributed by atoms with Gasteiger partial charge in [0.15, 0.2) is 0 Å². The van der Waals surface area contributed by atoms with Gasteiger partial charge in [0.25, 0.3) is 11.8 Å². The zero-order valence-electron chi connectivity index (χ0n) is 15.2. The number of ether oxygens (including phenoxy) is 2. The van der Waals surface area contributed by atoms with E-state index < -0.39 is 23.8 Å². The molecule has 0 unspecified atom stereocenters. The second kappa shape index (κ2) is 12.8. The Morgan fingerprint density at radius 3 is 1.14 bits per heavy atom. The normalized spacial score (nSPS) is 8.90. The molecule has 1 radical (unpaired) electrons. The molecule has 2 aromatic rings. The van der Waals surface area contributed by atoms with Crippen molar-refractivity contribution in [2.75, 3.05) is 24.9 Å². The topological polar surface area (TPSA) is 157 Å². The average molecular weight is 452 g/mol. The fraction of sp³-hybridized carbons (Fsp3) is 0.111. The summed E-state index contributed by atoms with van der Waals surface area (Å²) in [5.41, 5.74) is 0.750. The van der Waals surface area contributed by atoms with E-state index >= 15 is 0 Å². The zero-order valence-corrected chi connectivity index (χ0v) is 16.1. The Labute approximate surface area is 176 Å². The smallest absolute Gasteiger partial charge is 0.540 e. The van der Waals surface area contributed by atoms with Crippen molar-refractivity contribution in [2.45, 2.75) is 0 Å². The minimum Gasteiger partial charge on any atom is -0.540 e. The molecule has 0 saturated carbocycles. The number of carboxylic acid groups (broad SMARTS) is 2. The van der Waals surface area contributed by atoms with Crippen LogP contribution in [0.2, 0.25) is 0 Å². The van der Waals surface area contributed by atoms with Crippen molar-refractivity contribution < 1.29 is 55.9 Å². The van der Waals surface area contributed by atoms with Gasteiger partial charge in [0.1, 0.15) is 23.4 Å². The van der Waals surface area contributed by atoms with Crippen molar-refractivity contribution in [1.29, 1.82) is 0 Å². The molecule has 157 valence electrons. The first kappa shape index (κ1) is 25.4. The van der Waals surface area contributed by atoms with Gasteiger partial charge < -0.3 is 39.9 Å². The number of carbonyl (C=O) groups excluding carboxylic acids is 4. The van der Waals surface area contributed by atoms with Gasteiger partial charge in [0.05, 0.1) is 14.2 Å². The Kier molecular flexibility index (Phi) is 11.2. The van der Waals surface area contributed by atoms with Gasteiger partial charge in [-0.15, -0.1) is 0 Å². The Balaban J connectivity index is 0.000000523. The van der Waals surface area contributed by atoms with E-state index in [0.29, 0.717) is 22.9 Å². The maximum atomic E-state index is 10.7. The maximum Gasteiger partial charge on any atom is 2.00 e. The molecule has 2 N–H and O–H groups in total. The Bertz CT molecular complexity index is 766. The molecule has 0 fully saturated rings. The first-order valence-electron chi connectivity index (χ1n) is 7.59. The molecule has 0 spiro atoms. The molecule has 0 bridgehead atoms. The molecule has 0 aliphatic heterocycles. The van der Waals surface area contributed by atoms with E-state index in [1.807, 2.05) is 0 Å². The molecule has 2 amide bonds. The second-order valence-corrected chi connectivity index (χ2v) is 4.94. The minimum atomic E-state index is -1.76. The van der Waals surface area contributed by atoms with Gasteiger partial charge in [0.2, 0.25) is 0 Å². The van der Waals surface area contributed by atoms with Crippen LogP contribution in [0.15, 0.2) is 48.5 Å². The van der Waals surface area contributed by atoms with Gasteiger partial charge in [0, 0.05) is 11.4 Å². The molecular weight excluding hydrogens is 436 g/mol. The van der Waals surface area contributed by atoms with E-state index in [1.165, 1.54) is 38.5 Å². The molecule has 11 heteroatoms.